The molecule has 24 heavy (non-hydrogen) atoms. The molecule has 2 aliphatic rings. The predicted molar refractivity (Wildman–Crippen MR) is 83.4 cm³/mol. The number of fused-ring (bicyclic) bond motifs is 2. The molecule has 2 bridgehead atoms. The van der Waals surface area contributed by atoms with Crippen molar-refractivity contribution in [3.05, 3.63) is 23.6 Å². The smallest absolute Gasteiger partial charge is 0.306 e. The van der Waals surface area contributed by atoms with Crippen molar-refractivity contribution in [2.24, 2.45) is 23.7 Å². The van der Waals surface area contributed by atoms with Crippen LogP contribution in [-0.4, -0.2) is 42.0 Å². The number of hydrogen-bond donors (Lipinski definition) is 2. The molecule has 0 radical (unpaired) electrons. The van der Waals surface area contributed by atoms with Gasteiger partial charge in [0.1, 0.15) is 5.69 Å². The molecular formula is C17H21FN2O4. The van der Waals surface area contributed by atoms with Gasteiger partial charge < -0.3 is 15.2 Å². The van der Waals surface area contributed by atoms with E-state index in [1.54, 1.807) is 0 Å². The number of ether oxygens (including phenoxy) is 1. The normalized spacial score (nSPS) is 29.6. The molecule has 1 aliphatic heterocycles. The summed E-state index contributed by atoms with van der Waals surface area (Å²) in [7, 11) is 1.41. The number of piperidine rings is 1. The van der Waals surface area contributed by atoms with Crippen LogP contribution in [0.3, 0.4) is 0 Å². The van der Waals surface area contributed by atoms with Gasteiger partial charge in [-0.3, -0.25) is 9.59 Å². The van der Waals surface area contributed by atoms with E-state index in [9.17, 15) is 19.1 Å². The third kappa shape index (κ3) is 3.13. The summed E-state index contributed by atoms with van der Waals surface area (Å²) < 4.78 is 19.1. The molecule has 3 rings (SSSR count). The molecule has 7 heteroatoms. The summed E-state index contributed by atoms with van der Waals surface area (Å²) >= 11 is 0. The summed E-state index contributed by atoms with van der Waals surface area (Å²) in [4.78, 5) is 28.4. The Labute approximate surface area is 139 Å². The maximum absolute atomic E-state index is 14.1. The molecule has 1 saturated heterocycles. The fourth-order valence-electron chi connectivity index (χ4n) is 4.02. The minimum atomic E-state index is -0.820. The fourth-order valence-corrected chi connectivity index (χ4v) is 4.02. The lowest BCUT2D eigenvalue weighted by atomic mass is 9.74. The van der Waals surface area contributed by atoms with E-state index in [2.05, 4.69) is 10.3 Å². The van der Waals surface area contributed by atoms with Gasteiger partial charge in [-0.1, -0.05) is 0 Å². The lowest BCUT2D eigenvalue weighted by Gasteiger charge is -2.36. The number of carbonyl (C=O) groups excluding carboxylic acids is 1. The number of rotatable bonds is 4. The zero-order valence-corrected chi connectivity index (χ0v) is 13.5. The van der Waals surface area contributed by atoms with Crippen LogP contribution in [0, 0.1) is 29.5 Å². The second-order valence-corrected chi connectivity index (χ2v) is 6.60. The van der Waals surface area contributed by atoms with Gasteiger partial charge in [0.25, 0.3) is 0 Å². The molecule has 4 atom stereocenters. The molecule has 1 aromatic rings. The molecule has 0 aromatic carbocycles. The van der Waals surface area contributed by atoms with Gasteiger partial charge in [0.05, 0.1) is 13.0 Å². The third-order valence-corrected chi connectivity index (χ3v) is 5.22. The number of aliphatic carboxylic acids is 1. The minimum Gasteiger partial charge on any atom is -0.481 e. The maximum Gasteiger partial charge on any atom is 0.306 e. The Morgan fingerprint density at radius 3 is 2.75 bits per heavy atom. The van der Waals surface area contributed by atoms with Gasteiger partial charge in [-0.15, -0.1) is 0 Å². The van der Waals surface area contributed by atoms with Crippen molar-refractivity contribution in [2.75, 3.05) is 20.2 Å². The van der Waals surface area contributed by atoms with Gasteiger partial charge in [0.2, 0.25) is 5.88 Å². The summed E-state index contributed by atoms with van der Waals surface area (Å²) in [6, 6.07) is 2.56. The van der Waals surface area contributed by atoms with Crippen LogP contribution in [0.15, 0.2) is 12.1 Å². The van der Waals surface area contributed by atoms with Crippen LogP contribution < -0.4 is 10.1 Å². The Kier molecular flexibility index (Phi) is 4.80. The quantitative estimate of drug-likeness (QED) is 0.815. The Hall–Kier alpha value is -2.02. The first-order chi connectivity index (χ1) is 11.5. The number of ketones is 1. The number of carbonyl (C=O) groups is 2. The average molecular weight is 336 g/mol. The molecule has 0 amide bonds. The number of aromatic nitrogens is 1. The first-order valence-electron chi connectivity index (χ1n) is 8.19. The van der Waals surface area contributed by atoms with Gasteiger partial charge in [-0.2, -0.15) is 0 Å². The van der Waals surface area contributed by atoms with Crippen LogP contribution in [0.1, 0.15) is 29.8 Å². The molecule has 2 heterocycles. The highest BCUT2D eigenvalue weighted by molar-refractivity contribution is 5.97. The Bertz CT molecular complexity index is 651. The first kappa shape index (κ1) is 16.8. The lowest BCUT2D eigenvalue weighted by molar-refractivity contribution is -0.142. The molecule has 0 spiro atoms. The number of nitrogens with one attached hydrogen (secondary N) is 1. The van der Waals surface area contributed by atoms with E-state index in [1.165, 1.54) is 19.2 Å². The topological polar surface area (TPSA) is 88.5 Å². The lowest BCUT2D eigenvalue weighted by Crippen LogP contribution is -2.46. The summed E-state index contributed by atoms with van der Waals surface area (Å²) in [6.07, 6.45) is 1.62. The summed E-state index contributed by atoms with van der Waals surface area (Å²) in [5.41, 5.74) is -0.204. The molecule has 1 saturated carbocycles. The molecule has 2 N–H and O–H groups in total. The largest absolute Gasteiger partial charge is 0.481 e. The van der Waals surface area contributed by atoms with Crippen LogP contribution in [0.2, 0.25) is 0 Å². The van der Waals surface area contributed by atoms with Crippen molar-refractivity contribution < 1.29 is 23.8 Å². The molecular weight excluding hydrogens is 315 g/mol. The van der Waals surface area contributed by atoms with Gasteiger partial charge >= 0.3 is 5.97 Å². The Morgan fingerprint density at radius 2 is 2.04 bits per heavy atom. The predicted octanol–water partition coefficient (Wildman–Crippen LogP) is 1.75. The van der Waals surface area contributed by atoms with Crippen molar-refractivity contribution in [2.45, 2.75) is 19.3 Å². The highest BCUT2D eigenvalue weighted by Crippen LogP contribution is 2.40. The number of Topliss-reactive ketones (excluding diaryl/α,β-unsaturated/α-hetero) is 1. The van der Waals surface area contributed by atoms with E-state index >= 15 is 0 Å². The number of pyridine rings is 1. The number of carboxylic acid groups (broad SMARTS) is 1. The summed E-state index contributed by atoms with van der Waals surface area (Å²) in [6.45, 7) is 1.22. The van der Waals surface area contributed by atoms with Crippen LogP contribution in [0.5, 0.6) is 5.88 Å². The average Bonchev–Trinajstić information content (AvgIpc) is 2.68. The van der Waals surface area contributed by atoms with Crippen molar-refractivity contribution in [3.63, 3.8) is 0 Å². The molecule has 4 unspecified atom stereocenters. The molecule has 1 aliphatic carbocycles. The minimum absolute atomic E-state index is 0.00741. The van der Waals surface area contributed by atoms with Crippen LogP contribution >= 0.6 is 0 Å². The van der Waals surface area contributed by atoms with Gasteiger partial charge in [0.15, 0.2) is 11.6 Å². The second kappa shape index (κ2) is 6.84. The van der Waals surface area contributed by atoms with Gasteiger partial charge in [-0.05, 0) is 50.3 Å². The van der Waals surface area contributed by atoms with E-state index in [-0.39, 0.29) is 29.2 Å². The molecule has 1 aromatic heterocycles. The van der Waals surface area contributed by atoms with E-state index < -0.39 is 23.6 Å². The molecule has 6 nitrogen and oxygen atoms in total. The summed E-state index contributed by atoms with van der Waals surface area (Å²) in [5, 5.41) is 12.6. The zero-order chi connectivity index (χ0) is 17.3. The van der Waals surface area contributed by atoms with Crippen molar-refractivity contribution in [1.29, 1.82) is 0 Å². The van der Waals surface area contributed by atoms with Crippen LogP contribution in [0.25, 0.3) is 0 Å². The first-order valence-corrected chi connectivity index (χ1v) is 8.19. The number of halogens is 1. The van der Waals surface area contributed by atoms with Gasteiger partial charge in [0, 0.05) is 12.0 Å². The van der Waals surface area contributed by atoms with Gasteiger partial charge in [-0.25, -0.2) is 9.37 Å². The number of methoxy groups -OCH3 is 1. The van der Waals surface area contributed by atoms with E-state index in [0.717, 1.165) is 0 Å². The van der Waals surface area contributed by atoms with Crippen molar-refractivity contribution in [3.8, 4) is 5.88 Å². The summed E-state index contributed by atoms with van der Waals surface area (Å²) in [5.74, 6) is -2.58. The highest BCUT2D eigenvalue weighted by Gasteiger charge is 2.44. The number of nitrogens with zero attached hydrogens (tertiary/aromatic N) is 1. The molecule has 130 valence electrons. The zero-order valence-electron chi connectivity index (χ0n) is 13.5. The van der Waals surface area contributed by atoms with Crippen LogP contribution in [0.4, 0.5) is 4.39 Å². The second-order valence-electron chi connectivity index (χ2n) is 6.60. The standard InChI is InChI=1S/C17H21FN2O4/c1-24-13-5-4-12(18)15(20-13)16(21)14-10-3-2-9(17(22)23)6-11(14)8-19-7-10/h4-5,9-11,14,19H,2-3,6-8H2,1H3,(H,22,23). The monoisotopic (exact) mass is 336 g/mol. The van der Waals surface area contributed by atoms with E-state index in [0.29, 0.717) is 32.4 Å². The van der Waals surface area contributed by atoms with Crippen molar-refractivity contribution >= 4 is 11.8 Å². The highest BCUT2D eigenvalue weighted by atomic mass is 19.1. The van der Waals surface area contributed by atoms with E-state index in [1.807, 2.05) is 0 Å². The Balaban J connectivity index is 1.92. The van der Waals surface area contributed by atoms with Crippen LogP contribution in [-0.2, 0) is 4.79 Å². The number of hydrogen-bond acceptors (Lipinski definition) is 5. The number of carboxylic acids is 1. The van der Waals surface area contributed by atoms with Crippen molar-refractivity contribution in [1.82, 2.24) is 10.3 Å². The molecule has 2 fully saturated rings. The SMILES string of the molecule is COc1ccc(F)c(C(=O)C2C3CCC(C(=O)O)CC2CNC3)n1. The third-order valence-electron chi connectivity index (χ3n) is 5.22. The Morgan fingerprint density at radius 1 is 1.29 bits per heavy atom. The van der Waals surface area contributed by atoms with E-state index in [4.69, 9.17) is 4.74 Å². The fraction of sp³-hybridized carbons (Fsp3) is 0.588. The maximum atomic E-state index is 14.1.